The molecule has 0 saturated heterocycles. The largest absolute Gasteiger partial charge is 0.504 e. The average Bonchev–Trinajstić information content (AvgIpc) is 3.17. The van der Waals surface area contributed by atoms with E-state index in [-0.39, 0.29) is 5.75 Å². The van der Waals surface area contributed by atoms with Gasteiger partial charge in [-0.1, -0.05) is 258 Å². The van der Waals surface area contributed by atoms with Gasteiger partial charge in [0.1, 0.15) is 5.75 Å². The molecule has 3 heteroatoms. The fourth-order valence-electron chi connectivity index (χ4n) is 7.79. The van der Waals surface area contributed by atoms with Gasteiger partial charge in [-0.2, -0.15) is 0 Å². The van der Waals surface area contributed by atoms with Crippen LogP contribution < -0.4 is 9.47 Å². The summed E-state index contributed by atoms with van der Waals surface area (Å²) in [4.78, 5) is 0. The third-order valence-electron chi connectivity index (χ3n) is 11.5. The highest BCUT2D eigenvalue weighted by Crippen LogP contribution is 2.31. The molecule has 1 N–H and O–H groups in total. The summed E-state index contributed by atoms with van der Waals surface area (Å²) in [6.45, 7) is 6.00. The topological polar surface area (TPSA) is 38.7 Å². The van der Waals surface area contributed by atoms with E-state index in [1.54, 1.807) is 6.07 Å². The van der Waals surface area contributed by atoms with Crippen LogP contribution in [-0.2, 0) is 0 Å². The molecule has 0 spiro atoms. The number of unbranched alkanes of at least 4 members (excludes halogenated alkanes) is 38. The van der Waals surface area contributed by atoms with Gasteiger partial charge in [-0.05, 0) is 25.0 Å². The zero-order chi connectivity index (χ0) is 38.0. The molecule has 0 heterocycles. The molecule has 0 bridgehead atoms. The minimum absolute atomic E-state index is 0.212. The van der Waals surface area contributed by atoms with Gasteiger partial charge in [0.2, 0.25) is 0 Å². The van der Waals surface area contributed by atoms with Crippen LogP contribution in [0.15, 0.2) is 18.2 Å². The average molecular weight is 743 g/mol. The zero-order valence-electron chi connectivity index (χ0n) is 36.2. The minimum Gasteiger partial charge on any atom is -0.504 e. The van der Waals surface area contributed by atoms with E-state index in [0.717, 1.165) is 25.2 Å². The molecule has 0 aliphatic heterocycles. The molecule has 1 aromatic carbocycles. The summed E-state index contributed by atoms with van der Waals surface area (Å²) in [6.07, 6.45) is 55.8. The lowest BCUT2D eigenvalue weighted by atomic mass is 10.0. The van der Waals surface area contributed by atoms with Gasteiger partial charge < -0.3 is 14.6 Å². The number of phenolic OH excluding ortho intramolecular Hbond substituents is 1. The Morgan fingerprint density at radius 3 is 0.849 bits per heavy atom. The van der Waals surface area contributed by atoms with Crippen molar-refractivity contribution in [1.82, 2.24) is 0 Å². The fourth-order valence-corrected chi connectivity index (χ4v) is 7.79. The quantitative estimate of drug-likeness (QED) is 0.0677. The van der Waals surface area contributed by atoms with Crippen LogP contribution in [-0.4, -0.2) is 18.3 Å². The van der Waals surface area contributed by atoms with Crippen LogP contribution in [0.1, 0.15) is 271 Å². The second-order valence-corrected chi connectivity index (χ2v) is 16.8. The van der Waals surface area contributed by atoms with Crippen molar-refractivity contribution in [3.05, 3.63) is 18.2 Å². The van der Waals surface area contributed by atoms with E-state index >= 15 is 0 Å². The molecule has 0 radical (unpaired) electrons. The molecule has 1 aromatic rings. The van der Waals surface area contributed by atoms with Crippen molar-refractivity contribution < 1.29 is 14.6 Å². The van der Waals surface area contributed by atoms with Gasteiger partial charge in [0, 0.05) is 6.07 Å². The smallest absolute Gasteiger partial charge is 0.164 e. The molecule has 3 nitrogen and oxygen atoms in total. The Morgan fingerprint density at radius 2 is 0.566 bits per heavy atom. The van der Waals surface area contributed by atoms with Crippen LogP contribution in [0.4, 0.5) is 0 Å². The standard InChI is InChI=1S/C50H94O3/c1-3-5-7-9-11-13-15-17-19-21-23-25-27-29-31-33-35-37-39-41-45-52-48-43-44-49(51)50(47-48)53-46-42-40-38-36-34-32-30-28-26-24-22-20-18-16-14-12-10-8-6-4-2/h43-44,47,51H,3-42,45-46H2,1-2H3. The van der Waals surface area contributed by atoms with Crippen LogP contribution >= 0.6 is 0 Å². The van der Waals surface area contributed by atoms with Crippen molar-refractivity contribution in [2.75, 3.05) is 13.2 Å². The summed E-state index contributed by atoms with van der Waals surface area (Å²) in [5.41, 5.74) is 0. The lowest BCUT2D eigenvalue weighted by molar-refractivity contribution is 0.278. The normalized spacial score (nSPS) is 11.4. The van der Waals surface area contributed by atoms with Crippen LogP contribution in [0, 0.1) is 0 Å². The van der Waals surface area contributed by atoms with Crippen LogP contribution in [0.3, 0.4) is 0 Å². The highest BCUT2D eigenvalue weighted by atomic mass is 16.5. The van der Waals surface area contributed by atoms with Crippen molar-refractivity contribution in [2.24, 2.45) is 0 Å². The first kappa shape index (κ1) is 49.6. The summed E-state index contributed by atoms with van der Waals surface area (Å²) in [5, 5.41) is 10.3. The van der Waals surface area contributed by atoms with Crippen molar-refractivity contribution in [2.45, 2.75) is 271 Å². The lowest BCUT2D eigenvalue weighted by Gasteiger charge is -2.11. The van der Waals surface area contributed by atoms with E-state index in [1.165, 1.54) is 244 Å². The molecule has 0 aromatic heterocycles. The third kappa shape index (κ3) is 36.0. The molecule has 53 heavy (non-hydrogen) atoms. The van der Waals surface area contributed by atoms with Crippen molar-refractivity contribution in [3.63, 3.8) is 0 Å². The Morgan fingerprint density at radius 1 is 0.321 bits per heavy atom. The Labute approximate surface area is 333 Å². The molecule has 0 saturated carbocycles. The molecule has 0 unspecified atom stereocenters. The Hall–Kier alpha value is -1.38. The minimum atomic E-state index is 0.212. The summed E-state index contributed by atoms with van der Waals surface area (Å²) in [6, 6.07) is 5.43. The first-order valence-corrected chi connectivity index (χ1v) is 24.4. The van der Waals surface area contributed by atoms with Gasteiger partial charge in [0.25, 0.3) is 0 Å². The predicted molar refractivity (Wildman–Crippen MR) is 235 cm³/mol. The summed E-state index contributed by atoms with van der Waals surface area (Å²) < 4.78 is 11.9. The second-order valence-electron chi connectivity index (χ2n) is 16.8. The van der Waals surface area contributed by atoms with Crippen LogP contribution in [0.25, 0.3) is 0 Å². The molecule has 1 rings (SSSR count). The zero-order valence-corrected chi connectivity index (χ0v) is 36.2. The molecule has 0 amide bonds. The van der Waals surface area contributed by atoms with E-state index in [2.05, 4.69) is 13.8 Å². The molecule has 0 aliphatic rings. The van der Waals surface area contributed by atoms with Crippen LogP contribution in [0.2, 0.25) is 0 Å². The highest BCUT2D eigenvalue weighted by molar-refractivity contribution is 5.44. The summed E-state index contributed by atoms with van der Waals surface area (Å²) in [7, 11) is 0. The van der Waals surface area contributed by atoms with Gasteiger partial charge in [-0.15, -0.1) is 0 Å². The third-order valence-corrected chi connectivity index (χ3v) is 11.5. The SMILES string of the molecule is CCCCCCCCCCCCCCCCCCCCCCOc1ccc(O)c(OCCCCCCCCCCCCCCCCCCCCCC)c1. The lowest BCUT2D eigenvalue weighted by Crippen LogP contribution is -2.00. The molecule has 0 aliphatic carbocycles. The van der Waals surface area contributed by atoms with Crippen LogP contribution in [0.5, 0.6) is 17.2 Å². The van der Waals surface area contributed by atoms with Gasteiger partial charge in [-0.25, -0.2) is 0 Å². The van der Waals surface area contributed by atoms with E-state index in [1.807, 2.05) is 12.1 Å². The number of rotatable bonds is 44. The number of hydrogen-bond donors (Lipinski definition) is 1. The molecular weight excluding hydrogens is 649 g/mol. The van der Waals surface area contributed by atoms with E-state index in [4.69, 9.17) is 9.47 Å². The van der Waals surface area contributed by atoms with Gasteiger partial charge >= 0.3 is 0 Å². The maximum Gasteiger partial charge on any atom is 0.164 e. The second kappa shape index (κ2) is 41.8. The molecule has 0 fully saturated rings. The van der Waals surface area contributed by atoms with Gasteiger partial charge in [-0.3, -0.25) is 0 Å². The monoisotopic (exact) mass is 743 g/mol. The van der Waals surface area contributed by atoms with E-state index in [0.29, 0.717) is 12.4 Å². The molecule has 0 atom stereocenters. The Balaban J connectivity index is 1.84. The maximum absolute atomic E-state index is 10.3. The summed E-state index contributed by atoms with van der Waals surface area (Å²) in [5.74, 6) is 1.58. The van der Waals surface area contributed by atoms with Gasteiger partial charge in [0.05, 0.1) is 13.2 Å². The summed E-state index contributed by atoms with van der Waals surface area (Å²) >= 11 is 0. The number of phenols is 1. The first-order chi connectivity index (χ1) is 26.3. The predicted octanol–water partition coefficient (Wildman–Crippen LogP) is 17.8. The number of benzene rings is 1. The highest BCUT2D eigenvalue weighted by Gasteiger charge is 2.06. The first-order valence-electron chi connectivity index (χ1n) is 24.4. The maximum atomic E-state index is 10.3. The van der Waals surface area contributed by atoms with Crippen molar-refractivity contribution >= 4 is 0 Å². The Kier molecular flexibility index (Phi) is 39.1. The Bertz CT molecular complexity index is 838. The number of ether oxygens (including phenoxy) is 2. The van der Waals surface area contributed by atoms with E-state index in [9.17, 15) is 5.11 Å². The number of hydrogen-bond acceptors (Lipinski definition) is 3. The molecule has 312 valence electrons. The van der Waals surface area contributed by atoms with Gasteiger partial charge in [0.15, 0.2) is 11.5 Å². The molecular formula is C50H94O3. The van der Waals surface area contributed by atoms with Crippen molar-refractivity contribution in [3.8, 4) is 17.2 Å². The van der Waals surface area contributed by atoms with E-state index < -0.39 is 0 Å². The fraction of sp³-hybridized carbons (Fsp3) is 0.880. The number of aromatic hydroxyl groups is 1. The van der Waals surface area contributed by atoms with Crippen molar-refractivity contribution in [1.29, 1.82) is 0 Å².